The number of aromatic nitrogens is 2. The van der Waals surface area contributed by atoms with E-state index in [2.05, 4.69) is 46.6 Å². The molecule has 4 aromatic rings. The van der Waals surface area contributed by atoms with Gasteiger partial charge in [-0.3, -0.25) is 5.10 Å². The highest BCUT2D eigenvalue weighted by molar-refractivity contribution is 6.24. The Morgan fingerprint density at radius 1 is 0.895 bits per heavy atom. The lowest BCUT2D eigenvalue weighted by Crippen LogP contribution is -1.85. The summed E-state index contributed by atoms with van der Waals surface area (Å²) in [6.45, 7) is 0. The predicted octanol–water partition coefficient (Wildman–Crippen LogP) is 3.88. The number of benzene rings is 3. The lowest BCUT2D eigenvalue weighted by Gasteiger charge is -2.08. The van der Waals surface area contributed by atoms with Gasteiger partial charge in [-0.2, -0.15) is 5.10 Å². The SMILES string of the molecule is COc1ccc2c(c1)c1ccccc1c1cn[nH]c21. The highest BCUT2D eigenvalue weighted by atomic mass is 16.5. The van der Waals surface area contributed by atoms with Gasteiger partial charge < -0.3 is 4.74 Å². The third kappa shape index (κ3) is 1.35. The van der Waals surface area contributed by atoms with Crippen LogP contribution in [0.25, 0.3) is 32.4 Å². The van der Waals surface area contributed by atoms with Crippen molar-refractivity contribution < 1.29 is 4.74 Å². The van der Waals surface area contributed by atoms with Crippen molar-refractivity contribution in [2.45, 2.75) is 0 Å². The summed E-state index contributed by atoms with van der Waals surface area (Å²) in [5.74, 6) is 0.872. The quantitative estimate of drug-likeness (QED) is 0.519. The molecule has 0 aliphatic heterocycles. The van der Waals surface area contributed by atoms with Gasteiger partial charge in [0.05, 0.1) is 18.8 Å². The molecule has 3 heteroatoms. The Balaban J connectivity index is 2.35. The third-order valence-electron chi connectivity index (χ3n) is 3.64. The van der Waals surface area contributed by atoms with E-state index in [9.17, 15) is 0 Å². The molecule has 3 nitrogen and oxygen atoms in total. The molecule has 0 fully saturated rings. The van der Waals surface area contributed by atoms with Crippen LogP contribution in [0.1, 0.15) is 0 Å². The van der Waals surface area contributed by atoms with Crippen molar-refractivity contribution in [2.24, 2.45) is 0 Å². The highest BCUT2D eigenvalue weighted by Gasteiger charge is 2.10. The van der Waals surface area contributed by atoms with Gasteiger partial charge in [0.15, 0.2) is 0 Å². The average Bonchev–Trinajstić information content (AvgIpc) is 2.96. The second kappa shape index (κ2) is 3.72. The fraction of sp³-hybridized carbons (Fsp3) is 0.0625. The van der Waals surface area contributed by atoms with E-state index < -0.39 is 0 Å². The molecule has 1 N–H and O–H groups in total. The van der Waals surface area contributed by atoms with Gasteiger partial charge in [-0.05, 0) is 34.4 Å². The van der Waals surface area contributed by atoms with Crippen LogP contribution in [0.2, 0.25) is 0 Å². The first-order valence-electron chi connectivity index (χ1n) is 6.20. The minimum Gasteiger partial charge on any atom is -0.497 e. The van der Waals surface area contributed by atoms with Crippen molar-refractivity contribution in [3.05, 3.63) is 48.7 Å². The van der Waals surface area contributed by atoms with E-state index >= 15 is 0 Å². The molecule has 0 saturated heterocycles. The zero-order valence-corrected chi connectivity index (χ0v) is 10.5. The number of nitrogens with zero attached hydrogens (tertiary/aromatic N) is 1. The maximum Gasteiger partial charge on any atom is 0.119 e. The molecule has 0 amide bonds. The molecule has 0 bridgehead atoms. The van der Waals surface area contributed by atoms with Crippen molar-refractivity contribution >= 4 is 32.4 Å². The normalized spacial score (nSPS) is 11.4. The molecular formula is C16H12N2O. The second-order valence-electron chi connectivity index (χ2n) is 4.62. The molecule has 0 unspecified atom stereocenters. The number of H-pyrrole nitrogens is 1. The number of methoxy groups -OCH3 is 1. The first-order valence-corrected chi connectivity index (χ1v) is 6.20. The summed E-state index contributed by atoms with van der Waals surface area (Å²) in [4.78, 5) is 0. The van der Waals surface area contributed by atoms with E-state index in [1.165, 1.54) is 21.5 Å². The standard InChI is InChI=1S/C16H12N2O/c1-19-10-6-7-13-14(8-10)11-4-2-3-5-12(11)15-9-17-18-16(13)15/h2-9H,1H3,(H,17,18). The molecule has 0 radical (unpaired) electrons. The minimum absolute atomic E-state index is 0.872. The number of fused-ring (bicyclic) bond motifs is 6. The van der Waals surface area contributed by atoms with Gasteiger partial charge in [-0.15, -0.1) is 0 Å². The van der Waals surface area contributed by atoms with Crippen molar-refractivity contribution in [3.8, 4) is 5.75 Å². The Hall–Kier alpha value is -2.55. The summed E-state index contributed by atoms with van der Waals surface area (Å²) in [7, 11) is 1.69. The monoisotopic (exact) mass is 248 g/mol. The minimum atomic E-state index is 0.872. The van der Waals surface area contributed by atoms with E-state index in [1.54, 1.807) is 7.11 Å². The smallest absolute Gasteiger partial charge is 0.119 e. The zero-order valence-electron chi connectivity index (χ0n) is 10.5. The molecule has 1 heterocycles. The Bertz CT molecular complexity index is 908. The van der Waals surface area contributed by atoms with Crippen molar-refractivity contribution in [2.75, 3.05) is 7.11 Å². The van der Waals surface area contributed by atoms with Gasteiger partial charge in [-0.1, -0.05) is 24.3 Å². The fourth-order valence-corrected chi connectivity index (χ4v) is 2.74. The number of nitrogens with one attached hydrogen (secondary N) is 1. The number of hydrogen-bond acceptors (Lipinski definition) is 2. The summed E-state index contributed by atoms with van der Waals surface area (Å²) >= 11 is 0. The first-order chi connectivity index (χ1) is 9.38. The molecule has 0 aliphatic rings. The van der Waals surface area contributed by atoms with Crippen LogP contribution in [0.5, 0.6) is 5.75 Å². The van der Waals surface area contributed by atoms with Gasteiger partial charge in [0, 0.05) is 10.8 Å². The molecule has 0 aliphatic carbocycles. The van der Waals surface area contributed by atoms with Gasteiger partial charge >= 0.3 is 0 Å². The second-order valence-corrected chi connectivity index (χ2v) is 4.62. The molecule has 3 aromatic carbocycles. The van der Waals surface area contributed by atoms with Crippen molar-refractivity contribution in [3.63, 3.8) is 0 Å². The molecule has 4 rings (SSSR count). The third-order valence-corrected chi connectivity index (χ3v) is 3.64. The maximum atomic E-state index is 5.34. The summed E-state index contributed by atoms with van der Waals surface area (Å²) in [6, 6.07) is 14.5. The molecule has 19 heavy (non-hydrogen) atoms. The fourth-order valence-electron chi connectivity index (χ4n) is 2.74. The Labute approximate surface area is 109 Å². The van der Waals surface area contributed by atoms with Crippen LogP contribution in [0.3, 0.4) is 0 Å². The number of ether oxygens (including phenoxy) is 1. The van der Waals surface area contributed by atoms with E-state index in [4.69, 9.17) is 4.74 Å². The van der Waals surface area contributed by atoms with Crippen molar-refractivity contribution in [1.82, 2.24) is 10.2 Å². The van der Waals surface area contributed by atoms with E-state index in [1.807, 2.05) is 12.3 Å². The van der Waals surface area contributed by atoms with E-state index in [0.29, 0.717) is 0 Å². The zero-order chi connectivity index (χ0) is 12.8. The Morgan fingerprint density at radius 3 is 2.47 bits per heavy atom. The van der Waals surface area contributed by atoms with Crippen LogP contribution in [-0.4, -0.2) is 17.3 Å². The molecule has 92 valence electrons. The van der Waals surface area contributed by atoms with Gasteiger partial charge in [0.25, 0.3) is 0 Å². The topological polar surface area (TPSA) is 37.9 Å². The number of hydrogen-bond donors (Lipinski definition) is 1. The lowest BCUT2D eigenvalue weighted by molar-refractivity contribution is 0.415. The van der Waals surface area contributed by atoms with Gasteiger partial charge in [0.2, 0.25) is 0 Å². The largest absolute Gasteiger partial charge is 0.497 e. The summed E-state index contributed by atoms with van der Waals surface area (Å²) in [5, 5.41) is 13.3. The van der Waals surface area contributed by atoms with Crippen LogP contribution in [0.4, 0.5) is 0 Å². The van der Waals surface area contributed by atoms with Gasteiger partial charge in [-0.25, -0.2) is 0 Å². The molecule has 0 spiro atoms. The lowest BCUT2D eigenvalue weighted by atomic mass is 9.98. The maximum absolute atomic E-state index is 5.34. The molecule has 0 saturated carbocycles. The molecule has 0 atom stereocenters. The van der Waals surface area contributed by atoms with Crippen LogP contribution in [0, 0.1) is 0 Å². The Morgan fingerprint density at radius 2 is 1.68 bits per heavy atom. The number of rotatable bonds is 1. The highest BCUT2D eigenvalue weighted by Crippen LogP contribution is 2.35. The van der Waals surface area contributed by atoms with Crippen LogP contribution >= 0.6 is 0 Å². The summed E-state index contributed by atoms with van der Waals surface area (Å²) in [5.41, 5.74) is 1.08. The first kappa shape index (κ1) is 10.4. The summed E-state index contributed by atoms with van der Waals surface area (Å²) < 4.78 is 5.34. The predicted molar refractivity (Wildman–Crippen MR) is 77.7 cm³/mol. The van der Waals surface area contributed by atoms with E-state index in [0.717, 1.165) is 16.7 Å². The van der Waals surface area contributed by atoms with Crippen molar-refractivity contribution in [1.29, 1.82) is 0 Å². The van der Waals surface area contributed by atoms with Crippen LogP contribution in [-0.2, 0) is 0 Å². The Kier molecular flexibility index (Phi) is 2.03. The van der Waals surface area contributed by atoms with Crippen LogP contribution < -0.4 is 4.74 Å². The molecular weight excluding hydrogens is 236 g/mol. The van der Waals surface area contributed by atoms with E-state index in [-0.39, 0.29) is 0 Å². The van der Waals surface area contributed by atoms with Crippen LogP contribution in [0.15, 0.2) is 48.7 Å². The average molecular weight is 248 g/mol. The van der Waals surface area contributed by atoms with Gasteiger partial charge in [0.1, 0.15) is 5.75 Å². The molecule has 1 aromatic heterocycles. The number of aromatic amines is 1. The summed E-state index contributed by atoms with van der Waals surface area (Å²) in [6.07, 6.45) is 1.89.